The summed E-state index contributed by atoms with van der Waals surface area (Å²) in [5.41, 5.74) is 1.31. The fourth-order valence-corrected chi connectivity index (χ4v) is 1.62. The van der Waals surface area contributed by atoms with E-state index in [1.807, 2.05) is 12.1 Å². The summed E-state index contributed by atoms with van der Waals surface area (Å²) in [6.45, 7) is 0. The van der Waals surface area contributed by atoms with E-state index in [-0.39, 0.29) is 5.97 Å². The Morgan fingerprint density at radius 3 is 2.53 bits per heavy atom. The molecule has 1 aromatic rings. The lowest BCUT2D eigenvalue weighted by molar-refractivity contribution is -0.140. The average Bonchev–Trinajstić information content (AvgIpc) is 2.26. The van der Waals surface area contributed by atoms with Gasteiger partial charge in [0, 0.05) is 10.9 Å². The van der Waals surface area contributed by atoms with Crippen molar-refractivity contribution in [2.75, 3.05) is 7.11 Å². The van der Waals surface area contributed by atoms with Crippen LogP contribution in [0.2, 0.25) is 0 Å². The van der Waals surface area contributed by atoms with Gasteiger partial charge in [0.15, 0.2) is 0 Å². The molecule has 0 N–H and O–H groups in total. The minimum absolute atomic E-state index is 0.120. The van der Waals surface area contributed by atoms with Crippen LogP contribution < -0.4 is 0 Å². The number of rotatable bonds is 5. The first-order valence-electron chi connectivity index (χ1n) is 5.03. The largest absolute Gasteiger partial charge is 0.469 e. The predicted octanol–water partition coefficient (Wildman–Crippen LogP) is 3.33. The van der Waals surface area contributed by atoms with E-state index in [0.29, 0.717) is 6.42 Å². The lowest BCUT2D eigenvalue weighted by Crippen LogP contribution is -1.99. The predicted molar refractivity (Wildman–Crippen MR) is 63.7 cm³/mol. The van der Waals surface area contributed by atoms with Crippen LogP contribution in [0.4, 0.5) is 0 Å². The summed E-state index contributed by atoms with van der Waals surface area (Å²) < 4.78 is 5.67. The highest BCUT2D eigenvalue weighted by Gasteiger charge is 1.99. The summed E-state index contributed by atoms with van der Waals surface area (Å²) in [4.78, 5) is 10.8. The van der Waals surface area contributed by atoms with Gasteiger partial charge >= 0.3 is 5.97 Å². The highest BCUT2D eigenvalue weighted by molar-refractivity contribution is 9.10. The molecule has 0 aliphatic carbocycles. The fraction of sp³-hybridized carbons (Fsp3) is 0.417. The normalized spacial score (nSPS) is 10.0. The molecule has 82 valence electrons. The number of aryl methyl sites for hydroxylation is 1. The Kier molecular flexibility index (Phi) is 5.40. The van der Waals surface area contributed by atoms with Crippen molar-refractivity contribution >= 4 is 21.9 Å². The number of methoxy groups -OCH3 is 1. The van der Waals surface area contributed by atoms with E-state index < -0.39 is 0 Å². The summed E-state index contributed by atoms with van der Waals surface area (Å²) in [6.07, 6.45) is 3.46. The first kappa shape index (κ1) is 12.2. The van der Waals surface area contributed by atoms with Crippen LogP contribution in [0, 0.1) is 0 Å². The zero-order valence-corrected chi connectivity index (χ0v) is 10.4. The Morgan fingerprint density at radius 2 is 1.93 bits per heavy atom. The van der Waals surface area contributed by atoms with Gasteiger partial charge in [-0.2, -0.15) is 0 Å². The van der Waals surface area contributed by atoms with E-state index >= 15 is 0 Å². The van der Waals surface area contributed by atoms with Gasteiger partial charge in [0.05, 0.1) is 7.11 Å². The fourth-order valence-electron chi connectivity index (χ4n) is 1.35. The number of hydrogen-bond donors (Lipinski definition) is 0. The Balaban J connectivity index is 2.20. The number of esters is 1. The van der Waals surface area contributed by atoms with Gasteiger partial charge in [0.25, 0.3) is 0 Å². The molecule has 0 aliphatic rings. The molecule has 0 unspecified atom stereocenters. The lowest BCUT2D eigenvalue weighted by Gasteiger charge is -2.01. The van der Waals surface area contributed by atoms with Crippen molar-refractivity contribution in [2.24, 2.45) is 0 Å². The molecule has 0 radical (unpaired) electrons. The molecular formula is C12H15BrO2. The van der Waals surface area contributed by atoms with Crippen molar-refractivity contribution in [3.63, 3.8) is 0 Å². The first-order chi connectivity index (χ1) is 7.22. The molecule has 0 saturated carbocycles. The number of ether oxygens (including phenoxy) is 1. The molecule has 3 heteroatoms. The quantitative estimate of drug-likeness (QED) is 0.606. The summed E-state index contributed by atoms with van der Waals surface area (Å²) in [6, 6.07) is 8.27. The number of unbranched alkanes of at least 4 members (excludes halogenated alkanes) is 1. The van der Waals surface area contributed by atoms with Gasteiger partial charge in [0.2, 0.25) is 0 Å². The minimum atomic E-state index is -0.120. The zero-order chi connectivity index (χ0) is 11.1. The highest BCUT2D eigenvalue weighted by atomic mass is 79.9. The molecule has 15 heavy (non-hydrogen) atoms. The topological polar surface area (TPSA) is 26.3 Å². The molecule has 1 rings (SSSR count). The van der Waals surface area contributed by atoms with Gasteiger partial charge in [-0.1, -0.05) is 28.1 Å². The van der Waals surface area contributed by atoms with Crippen LogP contribution in [0.1, 0.15) is 24.8 Å². The number of hydrogen-bond acceptors (Lipinski definition) is 2. The molecule has 1 aromatic carbocycles. The first-order valence-corrected chi connectivity index (χ1v) is 5.83. The van der Waals surface area contributed by atoms with Crippen molar-refractivity contribution in [3.8, 4) is 0 Å². The van der Waals surface area contributed by atoms with E-state index in [0.717, 1.165) is 23.7 Å². The van der Waals surface area contributed by atoms with Gasteiger partial charge in [-0.15, -0.1) is 0 Å². The molecule has 0 fully saturated rings. The smallest absolute Gasteiger partial charge is 0.305 e. The summed E-state index contributed by atoms with van der Waals surface area (Å²) in [5.74, 6) is -0.120. The van der Waals surface area contributed by atoms with Gasteiger partial charge in [-0.3, -0.25) is 4.79 Å². The number of halogens is 1. The molecule has 0 atom stereocenters. The molecule has 0 bridgehead atoms. The summed E-state index contributed by atoms with van der Waals surface area (Å²) in [7, 11) is 1.43. The monoisotopic (exact) mass is 270 g/mol. The van der Waals surface area contributed by atoms with Crippen LogP contribution in [0.25, 0.3) is 0 Å². The molecule has 2 nitrogen and oxygen atoms in total. The van der Waals surface area contributed by atoms with Crippen LogP contribution in [0.5, 0.6) is 0 Å². The third-order valence-corrected chi connectivity index (χ3v) is 2.77. The Bertz CT molecular complexity index is 306. The van der Waals surface area contributed by atoms with Crippen LogP contribution in [0.3, 0.4) is 0 Å². The lowest BCUT2D eigenvalue weighted by atomic mass is 10.1. The van der Waals surface area contributed by atoms with Crippen LogP contribution in [-0.2, 0) is 16.0 Å². The minimum Gasteiger partial charge on any atom is -0.469 e. The molecule has 0 saturated heterocycles. The maximum Gasteiger partial charge on any atom is 0.305 e. The molecule has 0 amide bonds. The second-order valence-corrected chi connectivity index (χ2v) is 4.33. The maximum absolute atomic E-state index is 10.8. The second-order valence-electron chi connectivity index (χ2n) is 3.41. The van der Waals surface area contributed by atoms with Gasteiger partial charge in [-0.05, 0) is 37.0 Å². The van der Waals surface area contributed by atoms with Crippen LogP contribution in [-0.4, -0.2) is 13.1 Å². The van der Waals surface area contributed by atoms with Gasteiger partial charge in [0.1, 0.15) is 0 Å². The molecular weight excluding hydrogens is 256 g/mol. The van der Waals surface area contributed by atoms with E-state index in [9.17, 15) is 4.79 Å². The standard InChI is InChI=1S/C12H15BrO2/c1-15-12(14)5-3-2-4-10-6-8-11(13)9-7-10/h6-9H,2-5H2,1H3. The Labute approximate surface area is 98.8 Å². The third kappa shape index (κ3) is 4.98. The van der Waals surface area contributed by atoms with Crippen molar-refractivity contribution in [1.82, 2.24) is 0 Å². The number of benzene rings is 1. The SMILES string of the molecule is COC(=O)CCCCc1ccc(Br)cc1. The van der Waals surface area contributed by atoms with Crippen molar-refractivity contribution in [3.05, 3.63) is 34.3 Å². The third-order valence-electron chi connectivity index (χ3n) is 2.24. The van der Waals surface area contributed by atoms with Crippen molar-refractivity contribution in [1.29, 1.82) is 0 Å². The van der Waals surface area contributed by atoms with E-state index in [4.69, 9.17) is 0 Å². The Morgan fingerprint density at radius 1 is 1.27 bits per heavy atom. The van der Waals surface area contributed by atoms with Gasteiger partial charge < -0.3 is 4.74 Å². The van der Waals surface area contributed by atoms with Crippen LogP contribution in [0.15, 0.2) is 28.7 Å². The van der Waals surface area contributed by atoms with E-state index in [1.54, 1.807) is 0 Å². The van der Waals surface area contributed by atoms with Crippen molar-refractivity contribution < 1.29 is 9.53 Å². The second kappa shape index (κ2) is 6.62. The van der Waals surface area contributed by atoms with E-state index in [1.165, 1.54) is 12.7 Å². The Hall–Kier alpha value is -0.830. The summed E-state index contributed by atoms with van der Waals surface area (Å²) in [5, 5.41) is 0. The highest BCUT2D eigenvalue weighted by Crippen LogP contribution is 2.12. The number of carbonyl (C=O) groups excluding carboxylic acids is 1. The van der Waals surface area contributed by atoms with Crippen molar-refractivity contribution in [2.45, 2.75) is 25.7 Å². The van der Waals surface area contributed by atoms with Crippen LogP contribution >= 0.6 is 15.9 Å². The van der Waals surface area contributed by atoms with E-state index in [2.05, 4.69) is 32.8 Å². The molecule has 0 aliphatic heterocycles. The molecule has 0 spiro atoms. The summed E-state index contributed by atoms with van der Waals surface area (Å²) >= 11 is 3.39. The zero-order valence-electron chi connectivity index (χ0n) is 8.83. The molecule has 0 heterocycles. The van der Waals surface area contributed by atoms with Gasteiger partial charge in [-0.25, -0.2) is 0 Å². The average molecular weight is 271 g/mol. The molecule has 0 aromatic heterocycles. The number of carbonyl (C=O) groups is 1. The maximum atomic E-state index is 10.8.